The highest BCUT2D eigenvalue weighted by atomic mass is 16.5. The van der Waals surface area contributed by atoms with Gasteiger partial charge in [-0.25, -0.2) is 4.98 Å². The van der Waals surface area contributed by atoms with Crippen molar-refractivity contribution in [2.45, 2.75) is 26.8 Å². The van der Waals surface area contributed by atoms with Crippen LogP contribution in [0.4, 0.5) is 5.95 Å². The first kappa shape index (κ1) is 13.6. The van der Waals surface area contributed by atoms with Gasteiger partial charge in [0, 0.05) is 37.7 Å². The van der Waals surface area contributed by atoms with E-state index in [0.717, 1.165) is 49.9 Å². The molecule has 0 aromatic carbocycles. The topological polar surface area (TPSA) is 67.8 Å². The number of ether oxygens (including phenoxy) is 1. The molecule has 0 saturated heterocycles. The van der Waals surface area contributed by atoms with Crippen molar-refractivity contribution < 1.29 is 4.74 Å². The van der Waals surface area contributed by atoms with E-state index < -0.39 is 0 Å². The van der Waals surface area contributed by atoms with Crippen molar-refractivity contribution in [3.05, 3.63) is 29.8 Å². The molecule has 0 spiro atoms. The van der Waals surface area contributed by atoms with Crippen LogP contribution in [0, 0.1) is 6.92 Å². The molecule has 2 aromatic rings. The van der Waals surface area contributed by atoms with Gasteiger partial charge < -0.3 is 14.6 Å². The Morgan fingerprint density at radius 2 is 2.37 bits per heavy atom. The van der Waals surface area contributed by atoms with Crippen LogP contribution in [-0.2, 0) is 11.3 Å². The molecule has 6 heteroatoms. The molecule has 0 aliphatic heterocycles. The van der Waals surface area contributed by atoms with Gasteiger partial charge in [0.15, 0.2) is 0 Å². The molecule has 0 saturated carbocycles. The largest absolute Gasteiger partial charge is 0.382 e. The Morgan fingerprint density at radius 1 is 1.47 bits per heavy atom. The fourth-order valence-electron chi connectivity index (χ4n) is 1.89. The minimum absolute atomic E-state index is 0.769. The maximum absolute atomic E-state index is 5.31. The Bertz CT molecular complexity index is 477. The summed E-state index contributed by atoms with van der Waals surface area (Å²) in [5.74, 6) is 0.898. The van der Waals surface area contributed by atoms with Crippen molar-refractivity contribution in [2.24, 2.45) is 0 Å². The maximum Gasteiger partial charge on any atom is 0.203 e. The molecule has 0 fully saturated rings. The van der Waals surface area contributed by atoms with Crippen LogP contribution in [0.5, 0.6) is 0 Å². The number of anilines is 1. The summed E-state index contributed by atoms with van der Waals surface area (Å²) in [4.78, 5) is 4.49. The van der Waals surface area contributed by atoms with Crippen molar-refractivity contribution in [3.8, 4) is 0 Å². The highest BCUT2D eigenvalue weighted by molar-refractivity contribution is 5.29. The van der Waals surface area contributed by atoms with Crippen LogP contribution >= 0.6 is 0 Å². The Hall–Kier alpha value is -1.82. The van der Waals surface area contributed by atoms with Crippen molar-refractivity contribution in [1.82, 2.24) is 19.7 Å². The van der Waals surface area contributed by atoms with E-state index in [9.17, 15) is 0 Å². The number of nitrogens with zero attached hydrogens (tertiary/aromatic N) is 3. The van der Waals surface area contributed by atoms with Gasteiger partial charge in [-0.05, 0) is 20.3 Å². The first-order valence-corrected chi connectivity index (χ1v) is 6.62. The minimum Gasteiger partial charge on any atom is -0.382 e. The smallest absolute Gasteiger partial charge is 0.203 e. The zero-order valence-electron chi connectivity index (χ0n) is 11.5. The van der Waals surface area contributed by atoms with Crippen LogP contribution in [0.25, 0.3) is 0 Å². The van der Waals surface area contributed by atoms with Gasteiger partial charge in [-0.15, -0.1) is 0 Å². The number of nitrogens with one attached hydrogen (secondary N) is 2. The average molecular weight is 263 g/mol. The van der Waals surface area contributed by atoms with Crippen molar-refractivity contribution in [2.75, 3.05) is 25.1 Å². The minimum atomic E-state index is 0.769. The van der Waals surface area contributed by atoms with Crippen LogP contribution in [0.15, 0.2) is 18.6 Å². The number of imidazole rings is 1. The molecular formula is C13H21N5O. The SMILES string of the molecule is CCOCCCNc1nc(C)cn1Cc1cn[nH]c1. The van der Waals surface area contributed by atoms with E-state index in [0.29, 0.717) is 0 Å². The van der Waals surface area contributed by atoms with Crippen LogP contribution in [-0.4, -0.2) is 39.5 Å². The van der Waals surface area contributed by atoms with Crippen molar-refractivity contribution >= 4 is 5.95 Å². The molecule has 0 aliphatic rings. The van der Waals surface area contributed by atoms with Gasteiger partial charge in [-0.1, -0.05) is 0 Å². The molecule has 19 heavy (non-hydrogen) atoms. The molecule has 0 bridgehead atoms. The van der Waals surface area contributed by atoms with E-state index in [1.54, 1.807) is 0 Å². The van der Waals surface area contributed by atoms with E-state index >= 15 is 0 Å². The molecular weight excluding hydrogens is 242 g/mol. The monoisotopic (exact) mass is 263 g/mol. The quantitative estimate of drug-likeness (QED) is 0.713. The zero-order valence-corrected chi connectivity index (χ0v) is 11.5. The molecule has 0 radical (unpaired) electrons. The summed E-state index contributed by atoms with van der Waals surface area (Å²) in [5.41, 5.74) is 2.14. The predicted octanol–water partition coefficient (Wildman–Crippen LogP) is 1.80. The van der Waals surface area contributed by atoms with E-state index in [2.05, 4.69) is 25.1 Å². The standard InChI is InChI=1S/C13H21N5O/c1-3-19-6-4-5-14-13-17-11(2)9-18(13)10-12-7-15-16-8-12/h7-9H,3-6,10H2,1-2H3,(H,14,17)(H,15,16). The highest BCUT2D eigenvalue weighted by Crippen LogP contribution is 2.11. The van der Waals surface area contributed by atoms with Crippen LogP contribution in [0.2, 0.25) is 0 Å². The molecule has 0 atom stereocenters. The lowest BCUT2D eigenvalue weighted by Crippen LogP contribution is -2.11. The van der Waals surface area contributed by atoms with E-state index in [1.165, 1.54) is 0 Å². The second-order valence-electron chi connectivity index (χ2n) is 4.42. The van der Waals surface area contributed by atoms with E-state index in [1.807, 2.05) is 32.4 Å². The first-order chi connectivity index (χ1) is 9.29. The normalized spacial score (nSPS) is 10.8. The highest BCUT2D eigenvalue weighted by Gasteiger charge is 2.06. The Balaban J connectivity index is 1.89. The molecule has 2 N–H and O–H groups in total. The Kier molecular flexibility index (Phi) is 4.97. The summed E-state index contributed by atoms with van der Waals surface area (Å²) in [7, 11) is 0. The Labute approximate surface area is 113 Å². The van der Waals surface area contributed by atoms with Gasteiger partial charge in [0.1, 0.15) is 0 Å². The van der Waals surface area contributed by atoms with Crippen molar-refractivity contribution in [3.63, 3.8) is 0 Å². The summed E-state index contributed by atoms with van der Waals surface area (Å²) in [6, 6.07) is 0. The van der Waals surface area contributed by atoms with E-state index in [4.69, 9.17) is 4.74 Å². The van der Waals surface area contributed by atoms with Crippen LogP contribution in [0.3, 0.4) is 0 Å². The van der Waals surface area contributed by atoms with Crippen LogP contribution < -0.4 is 5.32 Å². The van der Waals surface area contributed by atoms with Crippen LogP contribution in [0.1, 0.15) is 24.6 Å². The lowest BCUT2D eigenvalue weighted by Gasteiger charge is -2.08. The van der Waals surface area contributed by atoms with Crippen molar-refractivity contribution in [1.29, 1.82) is 0 Å². The number of aromatic nitrogens is 4. The van der Waals surface area contributed by atoms with Gasteiger partial charge in [0.2, 0.25) is 5.95 Å². The molecule has 104 valence electrons. The number of rotatable bonds is 8. The molecule has 0 unspecified atom stereocenters. The van der Waals surface area contributed by atoms with Gasteiger partial charge in [0.05, 0.1) is 18.4 Å². The third kappa shape index (κ3) is 4.10. The summed E-state index contributed by atoms with van der Waals surface area (Å²) in [6.45, 7) is 7.19. The average Bonchev–Trinajstić information content (AvgIpc) is 3.00. The second-order valence-corrected chi connectivity index (χ2v) is 4.42. The lowest BCUT2D eigenvalue weighted by molar-refractivity contribution is 0.147. The second kappa shape index (κ2) is 6.94. The molecule has 6 nitrogen and oxygen atoms in total. The fourth-order valence-corrected chi connectivity index (χ4v) is 1.89. The third-order valence-electron chi connectivity index (χ3n) is 2.76. The molecule has 0 aliphatic carbocycles. The summed E-state index contributed by atoms with van der Waals surface area (Å²) in [5, 5.41) is 10.1. The first-order valence-electron chi connectivity index (χ1n) is 6.62. The number of hydrogen-bond donors (Lipinski definition) is 2. The maximum atomic E-state index is 5.31. The van der Waals surface area contributed by atoms with Gasteiger partial charge in [-0.2, -0.15) is 5.10 Å². The molecule has 0 amide bonds. The number of aryl methyl sites for hydroxylation is 1. The summed E-state index contributed by atoms with van der Waals surface area (Å²) < 4.78 is 7.41. The lowest BCUT2D eigenvalue weighted by atomic mass is 10.3. The predicted molar refractivity (Wildman–Crippen MR) is 74.3 cm³/mol. The molecule has 2 heterocycles. The summed E-state index contributed by atoms with van der Waals surface area (Å²) >= 11 is 0. The zero-order chi connectivity index (χ0) is 13.5. The fraction of sp³-hybridized carbons (Fsp3) is 0.538. The van der Waals surface area contributed by atoms with E-state index in [-0.39, 0.29) is 0 Å². The number of hydrogen-bond acceptors (Lipinski definition) is 4. The van der Waals surface area contributed by atoms with Gasteiger partial charge in [-0.3, -0.25) is 5.10 Å². The van der Waals surface area contributed by atoms with Gasteiger partial charge in [0.25, 0.3) is 0 Å². The molecule has 2 aromatic heterocycles. The Morgan fingerprint density at radius 3 is 3.11 bits per heavy atom. The molecule has 2 rings (SSSR count). The number of H-pyrrole nitrogens is 1. The van der Waals surface area contributed by atoms with Gasteiger partial charge >= 0.3 is 0 Å². The summed E-state index contributed by atoms with van der Waals surface area (Å²) in [6.07, 6.45) is 6.74. The third-order valence-corrected chi connectivity index (χ3v) is 2.76. The number of aromatic amines is 1.